The van der Waals surface area contributed by atoms with Gasteiger partial charge < -0.3 is 10.6 Å². The molecule has 3 rings (SSSR count). The first-order valence-electron chi connectivity index (χ1n) is 8.62. The van der Waals surface area contributed by atoms with Crippen LogP contribution in [0.5, 0.6) is 0 Å². The summed E-state index contributed by atoms with van der Waals surface area (Å²) in [6.45, 7) is 0.324. The highest BCUT2D eigenvalue weighted by molar-refractivity contribution is 6.42. The summed E-state index contributed by atoms with van der Waals surface area (Å²) in [5, 5.41) is 10.3. The zero-order valence-electron chi connectivity index (χ0n) is 14.9. The molecule has 0 aliphatic rings. The van der Waals surface area contributed by atoms with E-state index in [1.165, 1.54) is 12.1 Å². The number of aromatic nitrogens is 2. The van der Waals surface area contributed by atoms with Crippen LogP contribution in [0.4, 0.5) is 0 Å². The van der Waals surface area contributed by atoms with Crippen LogP contribution in [0.25, 0.3) is 5.69 Å². The Labute approximate surface area is 172 Å². The molecule has 28 heavy (non-hydrogen) atoms. The topological polar surface area (TPSA) is 76.0 Å². The van der Waals surface area contributed by atoms with Crippen molar-refractivity contribution < 1.29 is 9.59 Å². The van der Waals surface area contributed by atoms with Crippen molar-refractivity contribution in [1.82, 2.24) is 20.4 Å². The van der Waals surface area contributed by atoms with Crippen LogP contribution in [0.2, 0.25) is 10.0 Å². The molecule has 6 nitrogen and oxygen atoms in total. The number of nitrogens with zero attached hydrogens (tertiary/aromatic N) is 2. The second-order valence-corrected chi connectivity index (χ2v) is 6.85. The van der Waals surface area contributed by atoms with Gasteiger partial charge >= 0.3 is 0 Å². The van der Waals surface area contributed by atoms with Gasteiger partial charge in [-0.15, -0.1) is 0 Å². The summed E-state index contributed by atoms with van der Waals surface area (Å²) >= 11 is 11.7. The number of hydrogen-bond donors (Lipinski definition) is 2. The molecule has 0 spiro atoms. The fourth-order valence-electron chi connectivity index (χ4n) is 2.52. The van der Waals surface area contributed by atoms with Crippen molar-refractivity contribution >= 4 is 35.0 Å². The molecule has 2 amide bonds. The molecule has 0 fully saturated rings. The van der Waals surface area contributed by atoms with Crippen LogP contribution in [-0.2, 0) is 11.2 Å². The summed E-state index contributed by atoms with van der Waals surface area (Å²) in [6, 6.07) is 14.3. The summed E-state index contributed by atoms with van der Waals surface area (Å²) in [5.41, 5.74) is 2.32. The number of carbonyl (C=O) groups excluding carboxylic acids is 2. The van der Waals surface area contributed by atoms with Gasteiger partial charge in [0.05, 0.1) is 28.5 Å². The van der Waals surface area contributed by atoms with Crippen LogP contribution in [0.15, 0.2) is 60.9 Å². The minimum atomic E-state index is -0.391. The third kappa shape index (κ3) is 5.34. The molecule has 0 radical (unpaired) electrons. The minimum Gasteiger partial charge on any atom is -0.354 e. The lowest BCUT2D eigenvalue weighted by molar-refractivity contribution is -0.120. The lowest BCUT2D eigenvalue weighted by atomic mass is 10.2. The van der Waals surface area contributed by atoms with Crippen molar-refractivity contribution in [3.63, 3.8) is 0 Å². The van der Waals surface area contributed by atoms with Crippen LogP contribution in [0.1, 0.15) is 15.9 Å². The second-order valence-electron chi connectivity index (χ2n) is 6.04. The van der Waals surface area contributed by atoms with Crippen LogP contribution >= 0.6 is 23.2 Å². The van der Waals surface area contributed by atoms with E-state index >= 15 is 0 Å². The van der Waals surface area contributed by atoms with E-state index in [2.05, 4.69) is 15.7 Å². The summed E-state index contributed by atoms with van der Waals surface area (Å²) in [4.78, 5) is 24.0. The van der Waals surface area contributed by atoms with E-state index in [-0.39, 0.29) is 17.5 Å². The van der Waals surface area contributed by atoms with Crippen molar-refractivity contribution in [2.45, 2.75) is 6.42 Å². The fourth-order valence-corrected chi connectivity index (χ4v) is 2.82. The maximum absolute atomic E-state index is 12.0. The maximum atomic E-state index is 12.0. The highest BCUT2D eigenvalue weighted by Crippen LogP contribution is 2.22. The zero-order valence-corrected chi connectivity index (χ0v) is 16.4. The number of halogens is 2. The maximum Gasteiger partial charge on any atom is 0.251 e. The smallest absolute Gasteiger partial charge is 0.251 e. The van der Waals surface area contributed by atoms with Crippen LogP contribution in [-0.4, -0.2) is 34.7 Å². The largest absolute Gasteiger partial charge is 0.354 e. The van der Waals surface area contributed by atoms with Crippen molar-refractivity contribution in [2.75, 3.05) is 13.1 Å². The molecule has 0 aliphatic heterocycles. The van der Waals surface area contributed by atoms with E-state index in [0.29, 0.717) is 23.6 Å². The van der Waals surface area contributed by atoms with Crippen molar-refractivity contribution in [3.05, 3.63) is 82.1 Å². The minimum absolute atomic E-state index is 0.123. The van der Waals surface area contributed by atoms with Gasteiger partial charge in [0.25, 0.3) is 5.91 Å². The van der Waals surface area contributed by atoms with Crippen molar-refractivity contribution in [2.24, 2.45) is 0 Å². The summed E-state index contributed by atoms with van der Waals surface area (Å²) < 4.78 is 1.79. The lowest BCUT2D eigenvalue weighted by Gasteiger charge is -2.07. The molecule has 0 aliphatic carbocycles. The average Bonchev–Trinajstić information content (AvgIpc) is 3.18. The molecule has 144 valence electrons. The number of rotatable bonds is 7. The molecule has 0 unspecified atom stereocenters. The number of carbonyl (C=O) groups is 2. The van der Waals surface area contributed by atoms with E-state index in [0.717, 1.165) is 11.3 Å². The molecule has 0 saturated carbocycles. The van der Waals surface area contributed by atoms with Crippen molar-refractivity contribution in [1.29, 1.82) is 0 Å². The summed E-state index contributed by atoms with van der Waals surface area (Å²) in [6.07, 6.45) is 4.33. The Balaban J connectivity index is 1.42. The van der Waals surface area contributed by atoms with Gasteiger partial charge in [0.1, 0.15) is 0 Å². The third-order valence-electron chi connectivity index (χ3n) is 3.98. The van der Waals surface area contributed by atoms with Crippen LogP contribution in [0.3, 0.4) is 0 Å². The Morgan fingerprint density at radius 2 is 1.79 bits per heavy atom. The highest BCUT2D eigenvalue weighted by atomic mass is 35.5. The van der Waals surface area contributed by atoms with E-state index in [9.17, 15) is 9.59 Å². The normalized spacial score (nSPS) is 10.5. The first kappa shape index (κ1) is 19.9. The van der Waals surface area contributed by atoms with Crippen LogP contribution < -0.4 is 10.6 Å². The van der Waals surface area contributed by atoms with E-state index < -0.39 is 5.91 Å². The monoisotopic (exact) mass is 416 g/mol. The summed E-state index contributed by atoms with van der Waals surface area (Å²) in [7, 11) is 0. The molecule has 1 aromatic heterocycles. The number of hydrogen-bond acceptors (Lipinski definition) is 3. The van der Waals surface area contributed by atoms with E-state index in [1.807, 2.05) is 36.5 Å². The van der Waals surface area contributed by atoms with Gasteiger partial charge in [-0.2, -0.15) is 5.10 Å². The molecule has 2 N–H and O–H groups in total. The Bertz CT molecular complexity index is 973. The SMILES string of the molecule is O=C(CNC(=O)c1ccc(Cl)c(Cl)c1)NCCc1cnn(-c2ccccc2)c1. The Morgan fingerprint density at radius 3 is 2.54 bits per heavy atom. The number of para-hydroxylation sites is 1. The van der Waals surface area contributed by atoms with Gasteiger partial charge in [0, 0.05) is 18.3 Å². The molecule has 8 heteroatoms. The lowest BCUT2D eigenvalue weighted by Crippen LogP contribution is -2.37. The van der Waals surface area contributed by atoms with E-state index in [1.54, 1.807) is 16.9 Å². The average molecular weight is 417 g/mol. The highest BCUT2D eigenvalue weighted by Gasteiger charge is 2.10. The Kier molecular flexibility index (Phi) is 6.68. The quantitative estimate of drug-likeness (QED) is 0.620. The van der Waals surface area contributed by atoms with Gasteiger partial charge in [0.15, 0.2) is 0 Å². The molecule has 3 aromatic rings. The zero-order chi connectivity index (χ0) is 19.9. The Morgan fingerprint density at radius 1 is 1.00 bits per heavy atom. The predicted octanol–water partition coefficient (Wildman–Crippen LogP) is 3.27. The molecule has 0 atom stereocenters. The summed E-state index contributed by atoms with van der Waals surface area (Å²) in [5.74, 6) is -0.665. The van der Waals surface area contributed by atoms with E-state index in [4.69, 9.17) is 23.2 Å². The van der Waals surface area contributed by atoms with Gasteiger partial charge in [-0.1, -0.05) is 41.4 Å². The standard InChI is InChI=1S/C20H18Cl2N4O2/c21-17-7-6-15(10-18(17)22)20(28)24-12-19(27)23-9-8-14-11-25-26(13-14)16-4-2-1-3-5-16/h1-7,10-11,13H,8-9,12H2,(H,23,27)(H,24,28). The molecule has 0 bridgehead atoms. The van der Waals surface area contributed by atoms with Gasteiger partial charge in [-0.05, 0) is 42.3 Å². The fraction of sp³-hybridized carbons (Fsp3) is 0.150. The van der Waals surface area contributed by atoms with Crippen LogP contribution in [0, 0.1) is 0 Å². The Hall–Kier alpha value is -2.83. The predicted molar refractivity (Wildman–Crippen MR) is 109 cm³/mol. The first-order chi connectivity index (χ1) is 13.5. The van der Waals surface area contributed by atoms with Gasteiger partial charge in [-0.25, -0.2) is 4.68 Å². The third-order valence-corrected chi connectivity index (χ3v) is 4.72. The molecular formula is C20H18Cl2N4O2. The van der Waals surface area contributed by atoms with Gasteiger partial charge in [-0.3, -0.25) is 9.59 Å². The second kappa shape index (κ2) is 9.39. The number of nitrogens with one attached hydrogen (secondary N) is 2. The van der Waals surface area contributed by atoms with Crippen molar-refractivity contribution in [3.8, 4) is 5.69 Å². The van der Waals surface area contributed by atoms with Gasteiger partial charge in [0.2, 0.25) is 5.91 Å². The number of benzene rings is 2. The molecule has 1 heterocycles. The molecule has 0 saturated heterocycles. The molecular weight excluding hydrogens is 399 g/mol. The first-order valence-corrected chi connectivity index (χ1v) is 9.37. The number of amides is 2. The molecule has 2 aromatic carbocycles.